The zero-order valence-corrected chi connectivity index (χ0v) is 10.9. The Morgan fingerprint density at radius 1 is 1.11 bits per heavy atom. The molecule has 0 heterocycles. The molecule has 1 N–H and O–H groups in total. The summed E-state index contributed by atoms with van der Waals surface area (Å²) in [5.41, 5.74) is -0.720. The van der Waals surface area contributed by atoms with Crippen molar-refractivity contribution in [3.8, 4) is 0 Å². The molecule has 0 aromatic carbocycles. The molecular weight excluding hydrogens is 230 g/mol. The van der Waals surface area contributed by atoms with Crippen molar-refractivity contribution in [3.05, 3.63) is 0 Å². The van der Waals surface area contributed by atoms with Gasteiger partial charge in [-0.05, 0) is 37.5 Å². The number of amides is 1. The molecule has 0 radical (unpaired) electrons. The predicted octanol–water partition coefficient (Wildman–Crippen LogP) is 1.63. The molecule has 0 bridgehead atoms. The van der Waals surface area contributed by atoms with Crippen LogP contribution in [0.2, 0.25) is 0 Å². The summed E-state index contributed by atoms with van der Waals surface area (Å²) < 4.78 is 4.88. The highest BCUT2D eigenvalue weighted by atomic mass is 16.5. The summed E-state index contributed by atoms with van der Waals surface area (Å²) in [6.07, 6.45) is 7.09. The summed E-state index contributed by atoms with van der Waals surface area (Å²) in [7, 11) is 1.40. The topological polar surface area (TPSA) is 55.4 Å². The molecule has 3 rings (SSSR count). The highest BCUT2D eigenvalue weighted by molar-refractivity contribution is 5.90. The van der Waals surface area contributed by atoms with Gasteiger partial charge in [0.1, 0.15) is 5.54 Å². The van der Waals surface area contributed by atoms with Crippen LogP contribution in [-0.2, 0) is 14.3 Å². The van der Waals surface area contributed by atoms with E-state index in [1.807, 2.05) is 0 Å². The Hall–Kier alpha value is -1.06. The molecule has 0 saturated heterocycles. The Bertz CT molecular complexity index is 363. The molecule has 2 atom stereocenters. The molecular formula is C14H21NO3. The molecule has 1 amide bonds. The summed E-state index contributed by atoms with van der Waals surface area (Å²) in [5.74, 6) is 1.21. The number of methoxy groups -OCH3 is 1. The van der Waals surface area contributed by atoms with Crippen LogP contribution in [-0.4, -0.2) is 24.5 Å². The maximum absolute atomic E-state index is 12.3. The molecule has 18 heavy (non-hydrogen) atoms. The van der Waals surface area contributed by atoms with Crippen LogP contribution in [0.15, 0.2) is 0 Å². The van der Waals surface area contributed by atoms with Crippen LogP contribution in [0.5, 0.6) is 0 Å². The molecule has 3 aliphatic rings. The molecule has 4 nitrogen and oxygen atoms in total. The van der Waals surface area contributed by atoms with Crippen molar-refractivity contribution in [2.24, 2.45) is 17.8 Å². The SMILES string of the molecule is COC(=O)C1(NC(=O)C2[C@@H]3CCC[C@@H]23)CCCC1. The molecule has 0 unspecified atom stereocenters. The van der Waals surface area contributed by atoms with Crippen molar-refractivity contribution in [3.63, 3.8) is 0 Å². The van der Waals surface area contributed by atoms with E-state index in [1.54, 1.807) is 0 Å². The van der Waals surface area contributed by atoms with E-state index >= 15 is 0 Å². The van der Waals surface area contributed by atoms with Gasteiger partial charge in [0.05, 0.1) is 7.11 Å². The molecule has 3 aliphatic carbocycles. The van der Waals surface area contributed by atoms with Crippen LogP contribution < -0.4 is 5.32 Å². The molecule has 0 spiro atoms. The lowest BCUT2D eigenvalue weighted by atomic mass is 9.97. The maximum atomic E-state index is 12.3. The second-order valence-electron chi connectivity index (χ2n) is 6.05. The Kier molecular flexibility index (Phi) is 2.83. The minimum atomic E-state index is -0.720. The summed E-state index contributed by atoms with van der Waals surface area (Å²) >= 11 is 0. The standard InChI is InChI=1S/C14H21NO3/c1-18-13(17)14(7-2-3-8-14)15-12(16)11-9-5-4-6-10(9)11/h9-11H,2-8H2,1H3,(H,15,16)/t9-,10-/m1/s1. The first kappa shape index (κ1) is 12.0. The van der Waals surface area contributed by atoms with E-state index in [9.17, 15) is 9.59 Å². The average molecular weight is 251 g/mol. The summed E-state index contributed by atoms with van der Waals surface area (Å²) in [4.78, 5) is 24.2. The zero-order valence-electron chi connectivity index (χ0n) is 10.9. The number of rotatable bonds is 3. The van der Waals surface area contributed by atoms with Crippen molar-refractivity contribution in [2.75, 3.05) is 7.11 Å². The van der Waals surface area contributed by atoms with Gasteiger partial charge >= 0.3 is 5.97 Å². The molecule has 3 fully saturated rings. The molecule has 0 aliphatic heterocycles. The van der Waals surface area contributed by atoms with Gasteiger partial charge in [0.2, 0.25) is 5.91 Å². The van der Waals surface area contributed by atoms with Crippen LogP contribution >= 0.6 is 0 Å². The highest BCUT2D eigenvalue weighted by Crippen LogP contribution is 2.57. The fourth-order valence-electron chi connectivity index (χ4n) is 4.08. The molecule has 100 valence electrons. The number of nitrogens with one attached hydrogen (secondary N) is 1. The number of hydrogen-bond acceptors (Lipinski definition) is 3. The van der Waals surface area contributed by atoms with Gasteiger partial charge in [-0.15, -0.1) is 0 Å². The number of ether oxygens (including phenoxy) is 1. The maximum Gasteiger partial charge on any atom is 0.331 e. The van der Waals surface area contributed by atoms with Gasteiger partial charge < -0.3 is 10.1 Å². The van der Waals surface area contributed by atoms with Crippen molar-refractivity contribution in [1.82, 2.24) is 5.32 Å². The van der Waals surface area contributed by atoms with Gasteiger partial charge in [-0.3, -0.25) is 4.79 Å². The largest absolute Gasteiger partial charge is 0.467 e. The lowest BCUT2D eigenvalue weighted by Gasteiger charge is -2.27. The minimum Gasteiger partial charge on any atom is -0.467 e. The van der Waals surface area contributed by atoms with E-state index in [-0.39, 0.29) is 17.8 Å². The molecule has 0 aromatic heterocycles. The van der Waals surface area contributed by atoms with Gasteiger partial charge in [-0.25, -0.2) is 4.79 Å². The van der Waals surface area contributed by atoms with Crippen LogP contribution in [0.4, 0.5) is 0 Å². The Morgan fingerprint density at radius 2 is 1.72 bits per heavy atom. The van der Waals surface area contributed by atoms with Crippen LogP contribution in [0.3, 0.4) is 0 Å². The van der Waals surface area contributed by atoms with E-state index in [4.69, 9.17) is 4.74 Å². The fourth-order valence-corrected chi connectivity index (χ4v) is 4.08. The van der Waals surface area contributed by atoms with Crippen LogP contribution in [0, 0.1) is 17.8 Å². The lowest BCUT2D eigenvalue weighted by molar-refractivity contribution is -0.151. The first-order valence-electron chi connectivity index (χ1n) is 7.08. The second-order valence-corrected chi connectivity index (χ2v) is 6.05. The first-order chi connectivity index (χ1) is 8.68. The van der Waals surface area contributed by atoms with Crippen molar-refractivity contribution < 1.29 is 14.3 Å². The Balaban J connectivity index is 1.66. The quantitative estimate of drug-likeness (QED) is 0.776. The summed E-state index contributed by atoms with van der Waals surface area (Å²) in [5, 5.41) is 3.02. The molecule has 3 saturated carbocycles. The zero-order chi connectivity index (χ0) is 12.8. The minimum absolute atomic E-state index is 0.0944. The number of hydrogen-bond donors (Lipinski definition) is 1. The van der Waals surface area contributed by atoms with Gasteiger partial charge in [0.15, 0.2) is 0 Å². The summed E-state index contributed by atoms with van der Waals surface area (Å²) in [6, 6.07) is 0. The molecule has 4 heteroatoms. The van der Waals surface area contributed by atoms with E-state index in [0.717, 1.165) is 25.7 Å². The van der Waals surface area contributed by atoms with Crippen molar-refractivity contribution >= 4 is 11.9 Å². The van der Waals surface area contributed by atoms with Gasteiger partial charge in [0, 0.05) is 5.92 Å². The Morgan fingerprint density at radius 3 is 2.28 bits per heavy atom. The van der Waals surface area contributed by atoms with Gasteiger partial charge in [0.25, 0.3) is 0 Å². The van der Waals surface area contributed by atoms with Crippen LogP contribution in [0.25, 0.3) is 0 Å². The monoisotopic (exact) mass is 251 g/mol. The van der Waals surface area contributed by atoms with Gasteiger partial charge in [-0.2, -0.15) is 0 Å². The summed E-state index contributed by atoms with van der Waals surface area (Å²) in [6.45, 7) is 0. The number of carbonyl (C=O) groups excluding carboxylic acids is 2. The van der Waals surface area contributed by atoms with E-state index in [0.29, 0.717) is 11.8 Å². The average Bonchev–Trinajstić information content (AvgIpc) is 2.76. The highest BCUT2D eigenvalue weighted by Gasteiger charge is 2.58. The second kappa shape index (κ2) is 4.25. The number of esters is 1. The number of fused-ring (bicyclic) bond motifs is 1. The van der Waals surface area contributed by atoms with Crippen LogP contribution in [0.1, 0.15) is 44.9 Å². The number of carbonyl (C=O) groups is 2. The fraction of sp³-hybridized carbons (Fsp3) is 0.857. The van der Waals surface area contributed by atoms with Gasteiger partial charge in [-0.1, -0.05) is 19.3 Å². The third-order valence-corrected chi connectivity index (χ3v) is 5.10. The third kappa shape index (κ3) is 1.73. The first-order valence-corrected chi connectivity index (χ1v) is 7.08. The lowest BCUT2D eigenvalue weighted by Crippen LogP contribution is -2.53. The van der Waals surface area contributed by atoms with E-state index in [1.165, 1.54) is 26.4 Å². The van der Waals surface area contributed by atoms with Crippen molar-refractivity contribution in [1.29, 1.82) is 0 Å². The van der Waals surface area contributed by atoms with E-state index < -0.39 is 5.54 Å². The normalized spacial score (nSPS) is 35.9. The van der Waals surface area contributed by atoms with E-state index in [2.05, 4.69) is 5.32 Å². The predicted molar refractivity (Wildman–Crippen MR) is 65.7 cm³/mol. The van der Waals surface area contributed by atoms with Crippen molar-refractivity contribution in [2.45, 2.75) is 50.5 Å². The molecule has 0 aromatic rings. The Labute approximate surface area is 107 Å². The third-order valence-electron chi connectivity index (χ3n) is 5.10. The smallest absolute Gasteiger partial charge is 0.331 e.